The van der Waals surface area contributed by atoms with Crippen LogP contribution < -0.4 is 0 Å². The van der Waals surface area contributed by atoms with Crippen LogP contribution in [0, 0.1) is 6.92 Å². The number of aryl methyl sites for hydroxylation is 1. The van der Waals surface area contributed by atoms with Gasteiger partial charge in [-0.25, -0.2) is 0 Å². The highest BCUT2D eigenvalue weighted by Gasteiger charge is 2.20. The first-order valence-electron chi connectivity index (χ1n) is 4.56. The molecule has 0 aromatic heterocycles. The minimum atomic E-state index is -0.881. The van der Waals surface area contributed by atoms with Crippen LogP contribution in [0.15, 0.2) is 24.3 Å². The Morgan fingerprint density at radius 2 is 2.07 bits per heavy atom. The number of rotatable bonds is 4. The van der Waals surface area contributed by atoms with E-state index in [1.54, 1.807) is 6.07 Å². The topological polar surface area (TPSA) is 57.5 Å². The molecule has 14 heavy (non-hydrogen) atoms. The third-order valence-corrected chi connectivity index (χ3v) is 2.28. The van der Waals surface area contributed by atoms with Crippen LogP contribution in [0.1, 0.15) is 23.5 Å². The molecule has 2 N–H and O–H groups in total. The van der Waals surface area contributed by atoms with Gasteiger partial charge >= 0.3 is 5.97 Å². The molecule has 3 nitrogen and oxygen atoms in total. The third kappa shape index (κ3) is 2.33. The molecular weight excluding hydrogens is 180 g/mol. The van der Waals surface area contributed by atoms with Gasteiger partial charge in [0.2, 0.25) is 0 Å². The monoisotopic (exact) mass is 194 g/mol. The minimum Gasteiger partial charge on any atom is -0.481 e. The average Bonchev–Trinajstić information content (AvgIpc) is 2.15. The summed E-state index contributed by atoms with van der Waals surface area (Å²) in [6, 6.07) is 7.36. The van der Waals surface area contributed by atoms with E-state index in [2.05, 4.69) is 0 Å². The van der Waals surface area contributed by atoms with E-state index in [4.69, 9.17) is 10.2 Å². The van der Waals surface area contributed by atoms with Crippen LogP contribution >= 0.6 is 0 Å². The van der Waals surface area contributed by atoms with Crippen molar-refractivity contribution in [2.24, 2.45) is 0 Å². The summed E-state index contributed by atoms with van der Waals surface area (Å²) in [5, 5.41) is 17.7. The smallest absolute Gasteiger partial charge is 0.311 e. The Kier molecular flexibility index (Phi) is 3.65. The van der Waals surface area contributed by atoms with E-state index < -0.39 is 11.9 Å². The molecule has 0 fully saturated rings. The molecule has 1 atom stereocenters. The summed E-state index contributed by atoms with van der Waals surface area (Å²) in [6.07, 6.45) is 0.264. The Balaban J connectivity index is 2.99. The lowest BCUT2D eigenvalue weighted by Crippen LogP contribution is -2.14. The van der Waals surface area contributed by atoms with Gasteiger partial charge in [0.15, 0.2) is 0 Å². The maximum Gasteiger partial charge on any atom is 0.311 e. The van der Waals surface area contributed by atoms with Crippen molar-refractivity contribution in [2.45, 2.75) is 19.3 Å². The predicted octanol–water partition coefficient (Wildman–Crippen LogP) is 1.55. The number of carboxylic acids is 1. The van der Waals surface area contributed by atoms with Crippen molar-refractivity contribution in [1.29, 1.82) is 0 Å². The lowest BCUT2D eigenvalue weighted by Gasteiger charge is -2.13. The first-order chi connectivity index (χ1) is 6.66. The molecule has 1 rings (SSSR count). The summed E-state index contributed by atoms with van der Waals surface area (Å²) in [7, 11) is 0. The summed E-state index contributed by atoms with van der Waals surface area (Å²) >= 11 is 0. The molecule has 0 aliphatic heterocycles. The lowest BCUT2D eigenvalue weighted by molar-refractivity contribution is -0.139. The summed E-state index contributed by atoms with van der Waals surface area (Å²) in [5.74, 6) is -1.48. The highest BCUT2D eigenvalue weighted by atomic mass is 16.4. The Bertz CT molecular complexity index is 320. The van der Waals surface area contributed by atoms with E-state index in [9.17, 15) is 4.79 Å². The molecule has 0 saturated heterocycles. The maximum atomic E-state index is 10.9. The molecule has 0 amide bonds. The molecule has 0 aliphatic carbocycles. The number of carboxylic acid groups (broad SMARTS) is 1. The molecule has 0 heterocycles. The normalized spacial score (nSPS) is 12.4. The number of aliphatic hydroxyl groups is 1. The Hall–Kier alpha value is -1.35. The molecule has 0 aliphatic rings. The third-order valence-electron chi connectivity index (χ3n) is 2.28. The molecule has 0 saturated carbocycles. The van der Waals surface area contributed by atoms with Crippen LogP contribution in [0.5, 0.6) is 0 Å². The van der Waals surface area contributed by atoms with Gasteiger partial charge in [0, 0.05) is 6.61 Å². The zero-order valence-corrected chi connectivity index (χ0v) is 8.10. The van der Waals surface area contributed by atoms with E-state index in [0.717, 1.165) is 11.1 Å². The fraction of sp³-hybridized carbons (Fsp3) is 0.364. The number of benzene rings is 1. The second-order valence-electron chi connectivity index (χ2n) is 3.26. The van der Waals surface area contributed by atoms with Crippen LogP contribution in [0.4, 0.5) is 0 Å². The van der Waals surface area contributed by atoms with E-state index >= 15 is 0 Å². The maximum absolute atomic E-state index is 10.9. The molecule has 1 unspecified atom stereocenters. The highest BCUT2D eigenvalue weighted by molar-refractivity contribution is 5.76. The lowest BCUT2D eigenvalue weighted by atomic mass is 9.92. The van der Waals surface area contributed by atoms with Crippen molar-refractivity contribution in [3.8, 4) is 0 Å². The van der Waals surface area contributed by atoms with Crippen LogP contribution in [0.2, 0.25) is 0 Å². The molecule has 0 bridgehead atoms. The summed E-state index contributed by atoms with van der Waals surface area (Å²) in [5.41, 5.74) is 1.74. The molecule has 0 radical (unpaired) electrons. The van der Waals surface area contributed by atoms with Crippen molar-refractivity contribution >= 4 is 5.97 Å². The predicted molar refractivity (Wildman–Crippen MR) is 53.3 cm³/mol. The quantitative estimate of drug-likeness (QED) is 0.764. The number of carbonyl (C=O) groups is 1. The first-order valence-corrected chi connectivity index (χ1v) is 4.56. The van der Waals surface area contributed by atoms with Gasteiger partial charge in [-0.2, -0.15) is 0 Å². The van der Waals surface area contributed by atoms with E-state index in [-0.39, 0.29) is 13.0 Å². The van der Waals surface area contributed by atoms with Gasteiger partial charge in [-0.05, 0) is 24.5 Å². The Labute approximate surface area is 83.0 Å². The van der Waals surface area contributed by atoms with Gasteiger partial charge in [-0.3, -0.25) is 4.79 Å². The number of hydrogen-bond donors (Lipinski definition) is 2. The minimum absolute atomic E-state index is 0.106. The van der Waals surface area contributed by atoms with Gasteiger partial charge in [-0.1, -0.05) is 24.3 Å². The van der Waals surface area contributed by atoms with Gasteiger partial charge in [-0.15, -0.1) is 0 Å². The van der Waals surface area contributed by atoms with E-state index in [1.165, 1.54) is 0 Å². The molecule has 76 valence electrons. The van der Waals surface area contributed by atoms with Crippen molar-refractivity contribution in [1.82, 2.24) is 0 Å². The van der Waals surface area contributed by atoms with Gasteiger partial charge < -0.3 is 10.2 Å². The Morgan fingerprint density at radius 3 is 2.57 bits per heavy atom. The van der Waals surface area contributed by atoms with Gasteiger partial charge in [0.1, 0.15) is 0 Å². The average molecular weight is 194 g/mol. The summed E-state index contributed by atoms with van der Waals surface area (Å²) in [4.78, 5) is 10.9. The number of hydrogen-bond acceptors (Lipinski definition) is 2. The summed E-state index contributed by atoms with van der Waals surface area (Å²) < 4.78 is 0. The Morgan fingerprint density at radius 1 is 1.43 bits per heavy atom. The number of aliphatic hydroxyl groups excluding tert-OH is 1. The zero-order valence-electron chi connectivity index (χ0n) is 8.10. The molecule has 1 aromatic rings. The fourth-order valence-electron chi connectivity index (χ4n) is 1.52. The molecule has 0 spiro atoms. The van der Waals surface area contributed by atoms with E-state index in [0.29, 0.717) is 0 Å². The number of aliphatic carboxylic acids is 1. The van der Waals surface area contributed by atoms with Crippen molar-refractivity contribution in [3.63, 3.8) is 0 Å². The van der Waals surface area contributed by atoms with Crippen molar-refractivity contribution in [3.05, 3.63) is 35.4 Å². The van der Waals surface area contributed by atoms with Crippen LogP contribution in [0.25, 0.3) is 0 Å². The zero-order chi connectivity index (χ0) is 10.6. The molecular formula is C11H14O3. The van der Waals surface area contributed by atoms with Crippen LogP contribution in [-0.4, -0.2) is 22.8 Å². The molecule has 3 heteroatoms. The van der Waals surface area contributed by atoms with Crippen LogP contribution in [0.3, 0.4) is 0 Å². The first kappa shape index (κ1) is 10.7. The summed E-state index contributed by atoms with van der Waals surface area (Å²) in [6.45, 7) is 1.77. The second-order valence-corrected chi connectivity index (χ2v) is 3.26. The van der Waals surface area contributed by atoms with E-state index in [1.807, 2.05) is 25.1 Å². The van der Waals surface area contributed by atoms with Crippen LogP contribution in [-0.2, 0) is 4.79 Å². The standard InChI is InChI=1S/C11H14O3/c1-8-4-2-3-5-9(8)10(6-7-12)11(13)14/h2-5,10,12H,6-7H2,1H3,(H,13,14). The second kappa shape index (κ2) is 4.77. The van der Waals surface area contributed by atoms with Gasteiger partial charge in [0.25, 0.3) is 0 Å². The fourth-order valence-corrected chi connectivity index (χ4v) is 1.52. The SMILES string of the molecule is Cc1ccccc1C(CCO)C(=O)O. The van der Waals surface area contributed by atoms with Crippen molar-refractivity contribution in [2.75, 3.05) is 6.61 Å². The molecule has 1 aromatic carbocycles. The highest BCUT2D eigenvalue weighted by Crippen LogP contribution is 2.22. The van der Waals surface area contributed by atoms with Crippen molar-refractivity contribution < 1.29 is 15.0 Å². The van der Waals surface area contributed by atoms with Gasteiger partial charge in [0.05, 0.1) is 5.92 Å². The largest absolute Gasteiger partial charge is 0.481 e.